The number of hydrogen-bond donors (Lipinski definition) is 2. The summed E-state index contributed by atoms with van der Waals surface area (Å²) in [5.41, 5.74) is 0.441. The van der Waals surface area contributed by atoms with Crippen LogP contribution < -0.4 is 29.7 Å². The van der Waals surface area contributed by atoms with Gasteiger partial charge in [-0.05, 0) is 61.5 Å². The lowest BCUT2D eigenvalue weighted by Gasteiger charge is -2.34. The molecule has 9 nitrogen and oxygen atoms in total. The Balaban J connectivity index is 1.76. The molecule has 3 aromatic rings. The van der Waals surface area contributed by atoms with E-state index < -0.39 is 17.5 Å². The molecule has 1 atom stereocenters. The van der Waals surface area contributed by atoms with Gasteiger partial charge < -0.3 is 24.8 Å². The third-order valence-electron chi connectivity index (χ3n) is 6.31. The van der Waals surface area contributed by atoms with Crippen molar-refractivity contribution in [1.82, 2.24) is 10.6 Å². The van der Waals surface area contributed by atoms with E-state index in [1.807, 2.05) is 20.8 Å². The van der Waals surface area contributed by atoms with Crippen LogP contribution in [0.3, 0.4) is 0 Å². The molecule has 3 amide bonds. The number of amides is 3. The second-order valence-electron chi connectivity index (χ2n) is 9.37. The van der Waals surface area contributed by atoms with Gasteiger partial charge in [-0.2, -0.15) is 0 Å². The molecule has 2 aromatic carbocycles. The van der Waals surface area contributed by atoms with Gasteiger partial charge in [0.25, 0.3) is 5.91 Å². The number of carbonyl (C=O) groups excluding carboxylic acids is 3. The molecule has 200 valence electrons. The van der Waals surface area contributed by atoms with Gasteiger partial charge >= 0.3 is 0 Å². The van der Waals surface area contributed by atoms with Crippen LogP contribution in [0, 0.1) is 0 Å². The number of fused-ring (bicyclic) bond motifs is 1. The van der Waals surface area contributed by atoms with Gasteiger partial charge in [0.1, 0.15) is 11.8 Å². The molecule has 2 heterocycles. The standard InChI is InChI=1S/C28H31N3O6S/c1-5-28(2,3)30-27(34)25(18-8-6-9-20(14-18)35-4)31(19-11-12-21-22(15-19)37-17-36-21)24(32)16-29-26(33)23-10-7-13-38-23/h6-15,25H,5,16-17H2,1-4H3,(H,29,33)(H,30,34)/t25-/m1/s1. The summed E-state index contributed by atoms with van der Waals surface area (Å²) < 4.78 is 16.4. The number of ether oxygens (including phenoxy) is 3. The Morgan fingerprint density at radius 2 is 1.87 bits per heavy atom. The van der Waals surface area contributed by atoms with Crippen molar-refractivity contribution in [3.8, 4) is 17.2 Å². The van der Waals surface area contributed by atoms with Gasteiger partial charge in [0, 0.05) is 17.3 Å². The zero-order valence-electron chi connectivity index (χ0n) is 21.8. The summed E-state index contributed by atoms with van der Waals surface area (Å²) in [6, 6.07) is 14.4. The quantitative estimate of drug-likeness (QED) is 0.400. The van der Waals surface area contributed by atoms with Crippen LogP contribution in [-0.2, 0) is 9.59 Å². The zero-order valence-corrected chi connectivity index (χ0v) is 22.6. The number of nitrogens with one attached hydrogen (secondary N) is 2. The van der Waals surface area contributed by atoms with Crippen molar-refractivity contribution in [2.24, 2.45) is 0 Å². The molecule has 4 rings (SSSR count). The van der Waals surface area contributed by atoms with Gasteiger partial charge in [-0.1, -0.05) is 25.1 Å². The van der Waals surface area contributed by atoms with Crippen LogP contribution in [0.5, 0.6) is 17.2 Å². The van der Waals surface area contributed by atoms with Gasteiger partial charge in [-0.25, -0.2) is 0 Å². The summed E-state index contributed by atoms with van der Waals surface area (Å²) >= 11 is 1.28. The normalized spacial score (nSPS) is 12.9. The molecule has 0 fully saturated rings. The first-order chi connectivity index (χ1) is 18.2. The van der Waals surface area contributed by atoms with Gasteiger partial charge in [-0.3, -0.25) is 19.3 Å². The molecule has 0 bridgehead atoms. The predicted octanol–water partition coefficient (Wildman–Crippen LogP) is 4.29. The van der Waals surface area contributed by atoms with Gasteiger partial charge in [0.05, 0.1) is 18.5 Å². The highest BCUT2D eigenvalue weighted by atomic mass is 32.1. The second-order valence-corrected chi connectivity index (χ2v) is 10.3. The summed E-state index contributed by atoms with van der Waals surface area (Å²) in [6.45, 7) is 5.55. The minimum Gasteiger partial charge on any atom is -0.497 e. The number of thiophene rings is 1. The third kappa shape index (κ3) is 6.08. The van der Waals surface area contributed by atoms with Crippen LogP contribution in [0.15, 0.2) is 60.0 Å². The number of hydrogen-bond acceptors (Lipinski definition) is 7. The Bertz CT molecular complexity index is 1310. The maximum atomic E-state index is 13.9. The largest absolute Gasteiger partial charge is 0.497 e. The molecular weight excluding hydrogens is 506 g/mol. The molecule has 0 radical (unpaired) electrons. The van der Waals surface area contributed by atoms with E-state index in [1.165, 1.54) is 23.3 Å². The molecule has 0 saturated heterocycles. The van der Waals surface area contributed by atoms with E-state index in [2.05, 4.69) is 10.6 Å². The topological polar surface area (TPSA) is 106 Å². The molecule has 10 heteroatoms. The number of rotatable bonds is 10. The summed E-state index contributed by atoms with van der Waals surface area (Å²) in [6.07, 6.45) is 0.679. The molecule has 1 aliphatic heterocycles. The highest BCUT2D eigenvalue weighted by Crippen LogP contribution is 2.38. The average Bonchev–Trinajstić information content (AvgIpc) is 3.62. The number of methoxy groups -OCH3 is 1. The van der Waals surface area contributed by atoms with Gasteiger partial charge in [0.2, 0.25) is 18.6 Å². The maximum absolute atomic E-state index is 13.9. The Kier molecular flexibility index (Phi) is 8.21. The number of anilines is 1. The minimum atomic E-state index is -1.07. The summed E-state index contributed by atoms with van der Waals surface area (Å²) in [7, 11) is 1.54. The van der Waals surface area contributed by atoms with E-state index in [-0.39, 0.29) is 25.2 Å². The Morgan fingerprint density at radius 1 is 1.08 bits per heavy atom. The maximum Gasteiger partial charge on any atom is 0.261 e. The summed E-state index contributed by atoms with van der Waals surface area (Å²) in [4.78, 5) is 42.2. The molecule has 0 aliphatic carbocycles. The van der Waals surface area contributed by atoms with Crippen molar-refractivity contribution in [2.45, 2.75) is 38.8 Å². The molecule has 38 heavy (non-hydrogen) atoms. The monoisotopic (exact) mass is 537 g/mol. The Hall–Kier alpha value is -4.05. The van der Waals surface area contributed by atoms with Crippen molar-refractivity contribution in [3.63, 3.8) is 0 Å². The van der Waals surface area contributed by atoms with E-state index in [4.69, 9.17) is 14.2 Å². The number of nitrogens with zero attached hydrogens (tertiary/aromatic N) is 1. The molecule has 0 spiro atoms. The molecule has 1 aliphatic rings. The van der Waals surface area contributed by atoms with Crippen LogP contribution in [-0.4, -0.2) is 43.7 Å². The molecular formula is C28H31N3O6S. The SMILES string of the molecule is CCC(C)(C)NC(=O)[C@@H](c1cccc(OC)c1)N(C(=O)CNC(=O)c1cccs1)c1ccc2c(c1)OCO2. The first-order valence-corrected chi connectivity index (χ1v) is 13.1. The lowest BCUT2D eigenvalue weighted by molar-refractivity contribution is -0.127. The van der Waals surface area contributed by atoms with Crippen LogP contribution in [0.4, 0.5) is 5.69 Å². The fourth-order valence-electron chi connectivity index (χ4n) is 3.93. The predicted molar refractivity (Wildman–Crippen MR) is 145 cm³/mol. The van der Waals surface area contributed by atoms with Crippen LogP contribution >= 0.6 is 11.3 Å². The second kappa shape index (κ2) is 11.6. The van der Waals surface area contributed by atoms with Crippen molar-refractivity contribution in [3.05, 3.63) is 70.4 Å². The van der Waals surface area contributed by atoms with E-state index in [1.54, 1.807) is 60.0 Å². The molecule has 1 aromatic heterocycles. The highest BCUT2D eigenvalue weighted by molar-refractivity contribution is 7.12. The van der Waals surface area contributed by atoms with Gasteiger partial charge in [-0.15, -0.1) is 11.3 Å². The fraction of sp³-hybridized carbons (Fsp3) is 0.321. The molecule has 0 saturated carbocycles. The zero-order chi connectivity index (χ0) is 27.3. The Labute approximate surface area is 225 Å². The van der Waals surface area contributed by atoms with Crippen LogP contribution in [0.2, 0.25) is 0 Å². The first-order valence-electron chi connectivity index (χ1n) is 12.2. The van der Waals surface area contributed by atoms with Crippen molar-refractivity contribution >= 4 is 34.7 Å². The van der Waals surface area contributed by atoms with Crippen molar-refractivity contribution in [1.29, 1.82) is 0 Å². The van der Waals surface area contributed by atoms with Crippen molar-refractivity contribution in [2.75, 3.05) is 25.3 Å². The number of carbonyl (C=O) groups is 3. The fourth-order valence-corrected chi connectivity index (χ4v) is 4.57. The molecule has 0 unspecified atom stereocenters. The summed E-state index contributed by atoms with van der Waals surface area (Å²) in [5.74, 6) is 0.322. The van der Waals surface area contributed by atoms with Crippen LogP contribution in [0.1, 0.15) is 48.5 Å². The van der Waals surface area contributed by atoms with Gasteiger partial charge in [0.15, 0.2) is 11.5 Å². The van der Waals surface area contributed by atoms with E-state index >= 15 is 0 Å². The van der Waals surface area contributed by atoms with E-state index in [9.17, 15) is 14.4 Å². The third-order valence-corrected chi connectivity index (χ3v) is 7.18. The van der Waals surface area contributed by atoms with E-state index in [0.717, 1.165) is 0 Å². The Morgan fingerprint density at radius 3 is 2.58 bits per heavy atom. The van der Waals surface area contributed by atoms with E-state index in [0.29, 0.717) is 39.8 Å². The summed E-state index contributed by atoms with van der Waals surface area (Å²) in [5, 5.41) is 7.54. The molecule has 2 N–H and O–H groups in total. The number of benzene rings is 2. The lowest BCUT2D eigenvalue weighted by atomic mass is 9.98. The lowest BCUT2D eigenvalue weighted by Crippen LogP contribution is -2.52. The van der Waals surface area contributed by atoms with Crippen LogP contribution in [0.25, 0.3) is 0 Å². The minimum absolute atomic E-state index is 0.0636. The average molecular weight is 538 g/mol. The first kappa shape index (κ1) is 27.0. The smallest absolute Gasteiger partial charge is 0.261 e. The van der Waals surface area contributed by atoms with Crippen molar-refractivity contribution < 1.29 is 28.6 Å². The highest BCUT2D eigenvalue weighted by Gasteiger charge is 2.36.